The van der Waals surface area contributed by atoms with Crippen LogP contribution in [0.15, 0.2) is 36.4 Å². The van der Waals surface area contributed by atoms with Crippen molar-refractivity contribution in [3.05, 3.63) is 58.9 Å². The second kappa shape index (κ2) is 7.03. The van der Waals surface area contributed by atoms with Crippen molar-refractivity contribution in [1.29, 1.82) is 0 Å². The van der Waals surface area contributed by atoms with E-state index in [1.165, 1.54) is 46.1 Å². The number of hydrogen-bond donors (Lipinski definition) is 2. The largest absolute Gasteiger partial charge is 0.354 e. The molecule has 0 radical (unpaired) electrons. The molecule has 29 heavy (non-hydrogen) atoms. The molecule has 0 saturated carbocycles. The lowest BCUT2D eigenvalue weighted by Crippen LogP contribution is -2.26. The van der Waals surface area contributed by atoms with Crippen LogP contribution in [-0.2, 0) is 0 Å². The number of piperidine rings is 1. The van der Waals surface area contributed by atoms with Crippen LogP contribution in [0.3, 0.4) is 0 Å². The molecule has 4 nitrogen and oxygen atoms in total. The summed E-state index contributed by atoms with van der Waals surface area (Å²) in [6.45, 7) is 11.0. The van der Waals surface area contributed by atoms with Crippen LogP contribution in [0.2, 0.25) is 0 Å². The molecule has 150 valence electrons. The second-order valence-corrected chi connectivity index (χ2v) is 8.91. The Morgan fingerprint density at radius 3 is 2.59 bits per heavy atom. The average Bonchev–Trinajstić information content (AvgIpc) is 3.28. The van der Waals surface area contributed by atoms with Gasteiger partial charge in [-0.1, -0.05) is 19.9 Å². The van der Waals surface area contributed by atoms with E-state index in [9.17, 15) is 0 Å². The first-order valence-corrected chi connectivity index (χ1v) is 10.8. The number of H-pyrrole nitrogens is 1. The molecule has 3 aromatic heterocycles. The number of aryl methyl sites for hydroxylation is 2. The summed E-state index contributed by atoms with van der Waals surface area (Å²) in [5, 5.41) is 9.48. The smallest absolute Gasteiger partial charge is 0.0674 e. The molecule has 0 amide bonds. The maximum Gasteiger partial charge on any atom is 0.0674 e. The fourth-order valence-corrected chi connectivity index (χ4v) is 5.00. The zero-order valence-electron chi connectivity index (χ0n) is 17.8. The first-order chi connectivity index (χ1) is 14.0. The van der Waals surface area contributed by atoms with Crippen LogP contribution < -0.4 is 5.32 Å². The monoisotopic (exact) mass is 386 g/mol. The number of hydrogen-bond acceptors (Lipinski definition) is 2. The maximum absolute atomic E-state index is 4.61. The Labute approximate surface area is 172 Å². The molecule has 1 saturated heterocycles. The molecule has 0 aliphatic carbocycles. The van der Waals surface area contributed by atoms with Crippen LogP contribution in [0.5, 0.6) is 0 Å². The SMILES string of the molecule is Cc1cc2cc(-c3[nH]c4ccc(C5CCNCC5)cc4c3C(C)C)cc(C)n2n1. The van der Waals surface area contributed by atoms with E-state index in [4.69, 9.17) is 0 Å². The minimum atomic E-state index is 0.449. The van der Waals surface area contributed by atoms with Crippen molar-refractivity contribution in [2.75, 3.05) is 13.1 Å². The highest BCUT2D eigenvalue weighted by Gasteiger charge is 2.20. The van der Waals surface area contributed by atoms with E-state index in [0.717, 1.165) is 30.0 Å². The van der Waals surface area contributed by atoms with E-state index >= 15 is 0 Å². The summed E-state index contributed by atoms with van der Waals surface area (Å²) in [5.41, 5.74) is 10.0. The van der Waals surface area contributed by atoms with Crippen LogP contribution in [0.1, 0.15) is 61.0 Å². The Balaban J connectivity index is 1.68. The van der Waals surface area contributed by atoms with E-state index in [-0.39, 0.29) is 0 Å². The van der Waals surface area contributed by atoms with Gasteiger partial charge in [0.1, 0.15) is 0 Å². The molecule has 2 N–H and O–H groups in total. The van der Waals surface area contributed by atoms with Crippen LogP contribution in [0.25, 0.3) is 27.7 Å². The third-order valence-corrected chi connectivity index (χ3v) is 6.40. The lowest BCUT2D eigenvalue weighted by atomic mass is 9.88. The molecular weight excluding hydrogens is 356 g/mol. The van der Waals surface area contributed by atoms with Crippen molar-refractivity contribution < 1.29 is 0 Å². The highest BCUT2D eigenvalue weighted by molar-refractivity contribution is 5.92. The molecular formula is C25H30N4. The normalized spacial score (nSPS) is 15.8. The highest BCUT2D eigenvalue weighted by atomic mass is 15.2. The minimum Gasteiger partial charge on any atom is -0.354 e. The number of nitrogens with zero attached hydrogens (tertiary/aromatic N) is 2. The molecule has 0 bridgehead atoms. The van der Waals surface area contributed by atoms with E-state index in [0.29, 0.717) is 11.8 Å². The first-order valence-electron chi connectivity index (χ1n) is 10.8. The van der Waals surface area contributed by atoms with Gasteiger partial charge in [0.2, 0.25) is 0 Å². The summed E-state index contributed by atoms with van der Waals surface area (Å²) in [5.74, 6) is 1.12. The van der Waals surface area contributed by atoms with Gasteiger partial charge in [0, 0.05) is 22.2 Å². The quantitative estimate of drug-likeness (QED) is 0.475. The minimum absolute atomic E-state index is 0.449. The molecule has 4 heteroatoms. The lowest BCUT2D eigenvalue weighted by Gasteiger charge is -2.23. The lowest BCUT2D eigenvalue weighted by molar-refractivity contribution is 0.460. The first kappa shape index (κ1) is 18.4. The van der Waals surface area contributed by atoms with Crippen molar-refractivity contribution in [2.24, 2.45) is 0 Å². The molecule has 1 fully saturated rings. The summed E-state index contributed by atoms with van der Waals surface area (Å²) >= 11 is 0. The number of aromatic nitrogens is 3. The van der Waals surface area contributed by atoms with Crippen molar-refractivity contribution in [3.63, 3.8) is 0 Å². The fraction of sp³-hybridized carbons (Fsp3) is 0.400. The molecule has 1 aromatic carbocycles. The number of benzene rings is 1. The Kier molecular flexibility index (Phi) is 4.47. The van der Waals surface area contributed by atoms with E-state index in [1.807, 2.05) is 4.52 Å². The van der Waals surface area contributed by atoms with Crippen LogP contribution in [0.4, 0.5) is 0 Å². The van der Waals surface area contributed by atoms with Gasteiger partial charge >= 0.3 is 0 Å². The molecule has 0 spiro atoms. The Hall–Kier alpha value is -2.59. The fourth-order valence-electron chi connectivity index (χ4n) is 5.00. The second-order valence-electron chi connectivity index (χ2n) is 8.91. The molecule has 4 heterocycles. The van der Waals surface area contributed by atoms with Crippen molar-refractivity contribution in [2.45, 2.75) is 52.4 Å². The molecule has 1 aliphatic heterocycles. The van der Waals surface area contributed by atoms with Crippen molar-refractivity contribution in [3.8, 4) is 11.3 Å². The van der Waals surface area contributed by atoms with Gasteiger partial charge < -0.3 is 10.3 Å². The van der Waals surface area contributed by atoms with Gasteiger partial charge in [0.05, 0.1) is 16.9 Å². The number of pyridine rings is 1. The number of aromatic amines is 1. The van der Waals surface area contributed by atoms with Gasteiger partial charge in [0.15, 0.2) is 0 Å². The van der Waals surface area contributed by atoms with Gasteiger partial charge in [-0.15, -0.1) is 0 Å². The summed E-state index contributed by atoms with van der Waals surface area (Å²) in [7, 11) is 0. The van der Waals surface area contributed by atoms with Gasteiger partial charge in [-0.05, 0) is 93.1 Å². The standard InChI is InChI=1S/C25H30N4/c1-15(2)24-22-14-19(18-7-9-26-10-8-18)5-6-23(22)27-25(24)20-12-17(4)29-21(13-20)11-16(3)28-29/h5-6,11-15,18,26-27H,7-10H2,1-4H3. The van der Waals surface area contributed by atoms with E-state index in [1.54, 1.807) is 0 Å². The summed E-state index contributed by atoms with van der Waals surface area (Å²) in [6.07, 6.45) is 2.46. The summed E-state index contributed by atoms with van der Waals surface area (Å²) in [4.78, 5) is 3.75. The van der Waals surface area contributed by atoms with E-state index in [2.05, 4.69) is 79.5 Å². The highest BCUT2D eigenvalue weighted by Crippen LogP contribution is 2.38. The topological polar surface area (TPSA) is 45.1 Å². The van der Waals surface area contributed by atoms with Crippen molar-refractivity contribution >= 4 is 16.4 Å². The van der Waals surface area contributed by atoms with Crippen LogP contribution >= 0.6 is 0 Å². The Bertz CT molecular complexity index is 1190. The average molecular weight is 387 g/mol. The third kappa shape index (κ3) is 3.16. The Morgan fingerprint density at radius 2 is 1.83 bits per heavy atom. The summed E-state index contributed by atoms with van der Waals surface area (Å²) < 4.78 is 2.03. The molecule has 5 rings (SSSR count). The third-order valence-electron chi connectivity index (χ3n) is 6.40. The number of fused-ring (bicyclic) bond motifs is 2. The van der Waals surface area contributed by atoms with Crippen molar-refractivity contribution in [1.82, 2.24) is 19.9 Å². The van der Waals surface area contributed by atoms with Gasteiger partial charge in [-0.3, -0.25) is 0 Å². The van der Waals surface area contributed by atoms with Crippen LogP contribution in [-0.4, -0.2) is 27.7 Å². The van der Waals surface area contributed by atoms with Gasteiger partial charge in [0.25, 0.3) is 0 Å². The Morgan fingerprint density at radius 1 is 1.03 bits per heavy atom. The predicted octanol–water partition coefficient (Wildman–Crippen LogP) is 5.69. The van der Waals surface area contributed by atoms with Gasteiger partial charge in [-0.2, -0.15) is 5.10 Å². The van der Waals surface area contributed by atoms with Gasteiger partial charge in [-0.25, -0.2) is 4.52 Å². The molecule has 1 aliphatic rings. The van der Waals surface area contributed by atoms with Crippen LogP contribution in [0, 0.1) is 13.8 Å². The zero-order chi connectivity index (χ0) is 20.1. The number of rotatable bonds is 3. The van der Waals surface area contributed by atoms with E-state index < -0.39 is 0 Å². The predicted molar refractivity (Wildman–Crippen MR) is 121 cm³/mol. The zero-order valence-corrected chi connectivity index (χ0v) is 17.8. The molecule has 0 unspecified atom stereocenters. The molecule has 4 aromatic rings. The summed E-state index contributed by atoms with van der Waals surface area (Å²) in [6, 6.07) is 13.7. The molecule has 0 atom stereocenters. The number of nitrogens with one attached hydrogen (secondary N) is 2. The maximum atomic E-state index is 4.61.